The van der Waals surface area contributed by atoms with Crippen molar-refractivity contribution in [1.82, 2.24) is 0 Å². The third-order valence-electron chi connectivity index (χ3n) is 4.62. The normalized spacial score (nSPS) is 26.8. The van der Waals surface area contributed by atoms with Gasteiger partial charge in [0.2, 0.25) is 0 Å². The molecule has 0 spiro atoms. The summed E-state index contributed by atoms with van der Waals surface area (Å²) in [6.07, 6.45) is 3.62. The molecule has 1 aromatic carbocycles. The van der Waals surface area contributed by atoms with E-state index in [1.54, 1.807) is 25.1 Å². The first kappa shape index (κ1) is 13.0. The van der Waals surface area contributed by atoms with Gasteiger partial charge in [0.15, 0.2) is 17.4 Å². The molecule has 0 N–H and O–H groups in total. The van der Waals surface area contributed by atoms with E-state index >= 15 is 0 Å². The highest BCUT2D eigenvalue weighted by Gasteiger charge is 2.48. The molecule has 110 valence electrons. The Bertz CT molecular complexity index is 686. The van der Waals surface area contributed by atoms with E-state index in [-0.39, 0.29) is 23.1 Å². The molecular weight excluding hydrogens is 277 g/mol. The summed E-state index contributed by atoms with van der Waals surface area (Å²) in [4.78, 5) is 0. The van der Waals surface area contributed by atoms with Gasteiger partial charge in [-0.3, -0.25) is 0 Å². The fourth-order valence-electron chi connectivity index (χ4n) is 3.45. The van der Waals surface area contributed by atoms with Crippen LogP contribution in [0.25, 0.3) is 0 Å². The van der Waals surface area contributed by atoms with Crippen LogP contribution in [0.4, 0.5) is 13.2 Å². The number of hydrogen-bond donors (Lipinski definition) is 0. The zero-order chi connectivity index (χ0) is 14.7. The van der Waals surface area contributed by atoms with Crippen LogP contribution in [0.1, 0.15) is 42.7 Å². The first-order valence-corrected chi connectivity index (χ1v) is 7.35. The van der Waals surface area contributed by atoms with E-state index in [0.29, 0.717) is 12.2 Å². The Kier molecular flexibility index (Phi) is 2.72. The third kappa shape index (κ3) is 1.71. The Morgan fingerprint density at radius 3 is 2.62 bits per heavy atom. The molecule has 0 radical (unpaired) electrons. The van der Waals surface area contributed by atoms with Crippen LogP contribution >= 0.6 is 0 Å². The summed E-state index contributed by atoms with van der Waals surface area (Å²) in [7, 11) is 0. The van der Waals surface area contributed by atoms with Gasteiger partial charge >= 0.3 is 0 Å². The Balaban J connectivity index is 1.80. The highest BCUT2D eigenvalue weighted by Crippen LogP contribution is 2.60. The molecule has 0 aliphatic heterocycles. The van der Waals surface area contributed by atoms with Crippen LogP contribution in [0.5, 0.6) is 5.75 Å². The quantitative estimate of drug-likeness (QED) is 0.769. The average molecular weight is 292 g/mol. The molecular formula is C17H15F3O. The molecule has 0 heterocycles. The monoisotopic (exact) mass is 292 g/mol. The van der Waals surface area contributed by atoms with Crippen molar-refractivity contribution in [3.05, 3.63) is 52.4 Å². The lowest BCUT2D eigenvalue weighted by molar-refractivity contribution is 0.313. The van der Waals surface area contributed by atoms with Crippen LogP contribution in [-0.4, -0.2) is 6.61 Å². The van der Waals surface area contributed by atoms with Crippen molar-refractivity contribution in [2.75, 3.05) is 6.61 Å². The maximum Gasteiger partial charge on any atom is 0.169 e. The summed E-state index contributed by atoms with van der Waals surface area (Å²) in [5, 5.41) is 0. The van der Waals surface area contributed by atoms with Crippen molar-refractivity contribution in [2.45, 2.75) is 31.6 Å². The Hall–Kier alpha value is -1.71. The molecule has 21 heavy (non-hydrogen) atoms. The molecule has 1 nitrogen and oxygen atoms in total. The van der Waals surface area contributed by atoms with Crippen LogP contribution < -0.4 is 4.74 Å². The number of hydrogen-bond acceptors (Lipinski definition) is 1. The predicted molar refractivity (Wildman–Crippen MR) is 73.1 cm³/mol. The molecule has 0 saturated heterocycles. The first-order valence-electron chi connectivity index (χ1n) is 7.35. The second kappa shape index (κ2) is 4.39. The van der Waals surface area contributed by atoms with Gasteiger partial charge in [0, 0.05) is 11.5 Å². The van der Waals surface area contributed by atoms with Crippen molar-refractivity contribution in [2.24, 2.45) is 5.92 Å². The molecule has 2 atom stereocenters. The van der Waals surface area contributed by atoms with E-state index in [1.165, 1.54) is 0 Å². The summed E-state index contributed by atoms with van der Waals surface area (Å²) in [5.74, 6) is -2.94. The Labute approximate surface area is 121 Å². The molecule has 0 amide bonds. The van der Waals surface area contributed by atoms with E-state index in [1.807, 2.05) is 0 Å². The summed E-state index contributed by atoms with van der Waals surface area (Å²) < 4.78 is 48.1. The van der Waals surface area contributed by atoms with Crippen molar-refractivity contribution in [3.63, 3.8) is 0 Å². The van der Waals surface area contributed by atoms with Crippen LogP contribution in [-0.2, 0) is 0 Å². The van der Waals surface area contributed by atoms with Crippen LogP contribution in [0.2, 0.25) is 0 Å². The van der Waals surface area contributed by atoms with E-state index in [0.717, 1.165) is 18.4 Å². The molecule has 4 heteroatoms. The number of allylic oxidation sites excluding steroid dienone is 4. The van der Waals surface area contributed by atoms with E-state index < -0.39 is 23.4 Å². The summed E-state index contributed by atoms with van der Waals surface area (Å²) in [5.41, 5.74) is 1.49. The maximum atomic E-state index is 14.4. The summed E-state index contributed by atoms with van der Waals surface area (Å²) in [6.45, 7) is 2.09. The molecule has 3 aliphatic rings. The fraction of sp³-hybridized carbons (Fsp3) is 0.412. The van der Waals surface area contributed by atoms with E-state index in [9.17, 15) is 13.2 Å². The van der Waals surface area contributed by atoms with E-state index in [4.69, 9.17) is 4.74 Å². The Morgan fingerprint density at radius 2 is 1.95 bits per heavy atom. The molecule has 1 aromatic rings. The molecule has 4 rings (SSSR count). The number of fused-ring (bicyclic) bond motifs is 4. The van der Waals surface area contributed by atoms with Crippen LogP contribution in [0.3, 0.4) is 0 Å². The molecule has 0 bridgehead atoms. The van der Waals surface area contributed by atoms with Crippen molar-refractivity contribution in [3.8, 4) is 5.75 Å². The van der Waals surface area contributed by atoms with Gasteiger partial charge in [-0.2, -0.15) is 0 Å². The number of rotatable bonds is 3. The van der Waals surface area contributed by atoms with Crippen molar-refractivity contribution >= 4 is 0 Å². The zero-order valence-electron chi connectivity index (χ0n) is 11.6. The number of ether oxygens (including phenoxy) is 1. The van der Waals surface area contributed by atoms with Gasteiger partial charge in [-0.05, 0) is 42.9 Å². The fourth-order valence-corrected chi connectivity index (χ4v) is 3.45. The molecule has 3 aliphatic carbocycles. The minimum Gasteiger partial charge on any atom is -0.491 e. The molecule has 0 aromatic heterocycles. The zero-order valence-corrected chi connectivity index (χ0v) is 11.6. The topological polar surface area (TPSA) is 9.23 Å². The largest absolute Gasteiger partial charge is 0.491 e. The van der Waals surface area contributed by atoms with Gasteiger partial charge in [0.25, 0.3) is 0 Å². The lowest BCUT2D eigenvalue weighted by Gasteiger charge is -2.40. The third-order valence-corrected chi connectivity index (χ3v) is 4.62. The van der Waals surface area contributed by atoms with Gasteiger partial charge in [0.05, 0.1) is 12.5 Å². The predicted octanol–water partition coefficient (Wildman–Crippen LogP) is 4.91. The number of benzene rings is 1. The smallest absolute Gasteiger partial charge is 0.169 e. The minimum absolute atomic E-state index is 0.111. The van der Waals surface area contributed by atoms with Crippen molar-refractivity contribution in [1.29, 1.82) is 0 Å². The molecule has 2 unspecified atom stereocenters. The van der Waals surface area contributed by atoms with Crippen LogP contribution in [0.15, 0.2) is 35.4 Å². The second-order valence-corrected chi connectivity index (χ2v) is 5.88. The van der Waals surface area contributed by atoms with Gasteiger partial charge in [-0.15, -0.1) is 0 Å². The van der Waals surface area contributed by atoms with Gasteiger partial charge < -0.3 is 4.74 Å². The maximum absolute atomic E-state index is 14.4. The first-order chi connectivity index (χ1) is 10.1. The van der Waals surface area contributed by atoms with Crippen molar-refractivity contribution < 1.29 is 17.9 Å². The SMILES string of the molecule is CCOc1ccc2c(c1F)C1C(F)=C(F)C(C3CC3)=CC21. The highest BCUT2D eigenvalue weighted by molar-refractivity contribution is 5.60. The molecule has 1 fully saturated rings. The standard InChI is InChI=1S/C17H15F3O/c1-2-21-12-6-5-9-11-7-10(8-3-4-8)15(18)17(20)14(11)13(9)16(12)19/h5-8,11,14H,2-4H2,1H3. The highest BCUT2D eigenvalue weighted by atomic mass is 19.2. The Morgan fingerprint density at radius 1 is 1.19 bits per heavy atom. The summed E-state index contributed by atoms with van der Waals surface area (Å²) >= 11 is 0. The van der Waals surface area contributed by atoms with Gasteiger partial charge in [-0.25, -0.2) is 13.2 Å². The molecule has 1 saturated carbocycles. The van der Waals surface area contributed by atoms with Gasteiger partial charge in [-0.1, -0.05) is 12.1 Å². The average Bonchev–Trinajstić information content (AvgIpc) is 3.26. The minimum atomic E-state index is -0.817. The van der Waals surface area contributed by atoms with E-state index in [2.05, 4.69) is 0 Å². The lowest BCUT2D eigenvalue weighted by atomic mass is 9.64. The number of halogens is 3. The lowest BCUT2D eigenvalue weighted by Crippen LogP contribution is -2.29. The summed E-state index contributed by atoms with van der Waals surface area (Å²) in [6, 6.07) is 3.34. The van der Waals surface area contributed by atoms with Gasteiger partial charge in [0.1, 0.15) is 5.83 Å². The van der Waals surface area contributed by atoms with Crippen LogP contribution in [0, 0.1) is 11.7 Å². The second-order valence-electron chi connectivity index (χ2n) is 5.88.